The van der Waals surface area contributed by atoms with Gasteiger partial charge in [-0.1, -0.05) is 0 Å². The van der Waals surface area contributed by atoms with Gasteiger partial charge < -0.3 is 4.90 Å². The fourth-order valence-corrected chi connectivity index (χ4v) is 1.18. The van der Waals surface area contributed by atoms with Gasteiger partial charge in [-0.15, -0.1) is 0 Å². The van der Waals surface area contributed by atoms with Gasteiger partial charge in [-0.05, 0) is 26.2 Å². The molecule has 0 unspecified atom stereocenters. The molecule has 0 atom stereocenters. The van der Waals surface area contributed by atoms with Crippen molar-refractivity contribution in [1.29, 1.82) is 0 Å². The number of halogens is 2. The summed E-state index contributed by atoms with van der Waals surface area (Å²) in [6.45, 7) is 0.551. The Morgan fingerprint density at radius 1 is 1.33 bits per heavy atom. The number of rotatable bonds is 4. The van der Waals surface area contributed by atoms with Crippen molar-refractivity contribution in [2.75, 3.05) is 20.6 Å². The van der Waals surface area contributed by atoms with E-state index in [1.807, 2.05) is 19.0 Å². The lowest BCUT2D eigenvalue weighted by Gasteiger charge is -2.08. The zero-order valence-corrected chi connectivity index (χ0v) is 8.76. The molecule has 0 spiro atoms. The van der Waals surface area contributed by atoms with Crippen molar-refractivity contribution >= 4 is 5.78 Å². The molecule has 0 N–H and O–H groups in total. The molecule has 0 fully saturated rings. The molecule has 4 heteroatoms. The Labute approximate surface area is 87.5 Å². The maximum Gasteiger partial charge on any atom is 0.167 e. The largest absolute Gasteiger partial charge is 0.309 e. The fourth-order valence-electron chi connectivity index (χ4n) is 1.18. The molecule has 0 aromatic heterocycles. The molecule has 0 amide bonds. The normalized spacial score (nSPS) is 10.7. The summed E-state index contributed by atoms with van der Waals surface area (Å²) < 4.78 is 25.7. The van der Waals surface area contributed by atoms with E-state index < -0.39 is 11.6 Å². The van der Waals surface area contributed by atoms with Gasteiger partial charge in [-0.3, -0.25) is 4.79 Å². The van der Waals surface area contributed by atoms with Crippen molar-refractivity contribution < 1.29 is 13.6 Å². The van der Waals surface area contributed by atoms with Gasteiger partial charge in [0.25, 0.3) is 0 Å². The van der Waals surface area contributed by atoms with E-state index in [9.17, 15) is 13.6 Å². The van der Waals surface area contributed by atoms with Crippen molar-refractivity contribution in [2.45, 2.75) is 6.42 Å². The first-order chi connectivity index (χ1) is 7.00. The van der Waals surface area contributed by atoms with E-state index in [-0.39, 0.29) is 17.8 Å². The monoisotopic (exact) mass is 213 g/mol. The van der Waals surface area contributed by atoms with Gasteiger partial charge >= 0.3 is 0 Å². The third kappa shape index (κ3) is 3.40. The zero-order valence-electron chi connectivity index (χ0n) is 8.76. The summed E-state index contributed by atoms with van der Waals surface area (Å²) in [5.74, 6) is -1.77. The first kappa shape index (κ1) is 11.8. The number of hydrogen-bond donors (Lipinski definition) is 0. The van der Waals surface area contributed by atoms with Gasteiger partial charge in [0, 0.05) is 19.0 Å². The Bertz CT molecular complexity index is 364. The Kier molecular flexibility index (Phi) is 3.91. The predicted octanol–water partition coefficient (Wildman–Crippen LogP) is 2.10. The van der Waals surface area contributed by atoms with Crippen LogP contribution in [0.4, 0.5) is 8.78 Å². The van der Waals surface area contributed by atoms with Crippen molar-refractivity contribution in [3.63, 3.8) is 0 Å². The number of carbonyl (C=O) groups excluding carboxylic acids is 1. The topological polar surface area (TPSA) is 20.3 Å². The van der Waals surface area contributed by atoms with Crippen LogP contribution in [0.5, 0.6) is 0 Å². The predicted molar refractivity (Wildman–Crippen MR) is 53.9 cm³/mol. The van der Waals surface area contributed by atoms with Crippen molar-refractivity contribution in [2.24, 2.45) is 0 Å². The summed E-state index contributed by atoms with van der Waals surface area (Å²) in [6.07, 6.45) is 0.232. The molecule has 1 aromatic rings. The summed E-state index contributed by atoms with van der Waals surface area (Å²) in [5.41, 5.74) is -0.0433. The Hall–Kier alpha value is -1.29. The van der Waals surface area contributed by atoms with Crippen LogP contribution in [0.1, 0.15) is 16.8 Å². The third-order valence-corrected chi connectivity index (χ3v) is 2.02. The molecule has 0 aliphatic heterocycles. The summed E-state index contributed by atoms with van der Waals surface area (Å²) in [6, 6.07) is 3.00. The highest BCUT2D eigenvalue weighted by Crippen LogP contribution is 2.11. The highest BCUT2D eigenvalue weighted by atomic mass is 19.1. The minimum Gasteiger partial charge on any atom is -0.309 e. The van der Waals surface area contributed by atoms with Crippen LogP contribution in [-0.2, 0) is 0 Å². The molecular weight excluding hydrogens is 200 g/mol. The second-order valence-corrected chi connectivity index (χ2v) is 3.60. The van der Waals surface area contributed by atoms with Gasteiger partial charge in [0.1, 0.15) is 11.6 Å². The maximum atomic E-state index is 13.2. The van der Waals surface area contributed by atoms with Crippen molar-refractivity contribution in [1.82, 2.24) is 4.90 Å². The van der Waals surface area contributed by atoms with E-state index in [1.54, 1.807) is 0 Å². The van der Waals surface area contributed by atoms with Crippen molar-refractivity contribution in [3.8, 4) is 0 Å². The second kappa shape index (κ2) is 4.98. The lowest BCUT2D eigenvalue weighted by Crippen LogP contribution is -2.17. The molecule has 15 heavy (non-hydrogen) atoms. The number of benzene rings is 1. The summed E-state index contributed by atoms with van der Waals surface area (Å²) >= 11 is 0. The molecule has 0 aliphatic carbocycles. The van der Waals surface area contributed by atoms with Crippen LogP contribution < -0.4 is 0 Å². The minimum absolute atomic E-state index is 0.0433. The van der Waals surface area contributed by atoms with E-state index in [1.165, 1.54) is 6.07 Å². The van der Waals surface area contributed by atoms with E-state index in [0.29, 0.717) is 6.54 Å². The lowest BCUT2D eigenvalue weighted by molar-refractivity contribution is 0.0968. The van der Waals surface area contributed by atoms with Gasteiger partial charge in [-0.25, -0.2) is 8.78 Å². The molecular formula is C11H13F2NO. The van der Waals surface area contributed by atoms with E-state index in [2.05, 4.69) is 0 Å². The van der Waals surface area contributed by atoms with Crippen LogP contribution in [0, 0.1) is 11.6 Å². The Morgan fingerprint density at radius 2 is 2.00 bits per heavy atom. The molecule has 1 aromatic carbocycles. The third-order valence-electron chi connectivity index (χ3n) is 2.02. The molecule has 0 heterocycles. The number of carbonyl (C=O) groups is 1. The molecule has 2 nitrogen and oxygen atoms in total. The fraction of sp³-hybridized carbons (Fsp3) is 0.364. The molecule has 1 rings (SSSR count). The Morgan fingerprint density at radius 3 is 2.53 bits per heavy atom. The molecule has 0 bridgehead atoms. The highest BCUT2D eigenvalue weighted by Gasteiger charge is 2.12. The molecule has 82 valence electrons. The SMILES string of the molecule is CN(C)CCC(=O)c1ccc(F)cc1F. The van der Waals surface area contributed by atoms with Gasteiger partial charge in [0.2, 0.25) is 0 Å². The Balaban J connectivity index is 2.74. The number of Topliss-reactive ketones (excluding diaryl/α,β-unsaturated/α-hetero) is 1. The maximum absolute atomic E-state index is 13.2. The van der Waals surface area contributed by atoms with E-state index in [4.69, 9.17) is 0 Å². The van der Waals surface area contributed by atoms with Crippen LogP contribution in [0.15, 0.2) is 18.2 Å². The molecule has 0 aliphatic rings. The average molecular weight is 213 g/mol. The zero-order chi connectivity index (χ0) is 11.4. The molecule has 0 radical (unpaired) electrons. The number of nitrogens with zero attached hydrogens (tertiary/aromatic N) is 1. The van der Waals surface area contributed by atoms with E-state index >= 15 is 0 Å². The van der Waals surface area contributed by atoms with Gasteiger partial charge in [0.15, 0.2) is 5.78 Å². The van der Waals surface area contributed by atoms with Gasteiger partial charge in [0.05, 0.1) is 5.56 Å². The lowest BCUT2D eigenvalue weighted by atomic mass is 10.1. The summed E-state index contributed by atoms with van der Waals surface area (Å²) in [7, 11) is 3.66. The van der Waals surface area contributed by atoms with Crippen molar-refractivity contribution in [3.05, 3.63) is 35.4 Å². The standard InChI is InChI=1S/C11H13F2NO/c1-14(2)6-5-11(15)9-4-3-8(12)7-10(9)13/h3-4,7H,5-6H2,1-2H3. The summed E-state index contributed by atoms with van der Waals surface area (Å²) in [4.78, 5) is 13.3. The van der Waals surface area contributed by atoms with E-state index in [0.717, 1.165) is 12.1 Å². The minimum atomic E-state index is -0.793. The average Bonchev–Trinajstić information content (AvgIpc) is 2.14. The number of hydrogen-bond acceptors (Lipinski definition) is 2. The van der Waals surface area contributed by atoms with Crippen LogP contribution in [0.25, 0.3) is 0 Å². The molecule has 0 saturated carbocycles. The van der Waals surface area contributed by atoms with Crippen LogP contribution in [0.2, 0.25) is 0 Å². The van der Waals surface area contributed by atoms with Crippen LogP contribution in [0.3, 0.4) is 0 Å². The first-order valence-corrected chi connectivity index (χ1v) is 4.63. The molecule has 0 saturated heterocycles. The highest BCUT2D eigenvalue weighted by molar-refractivity contribution is 5.96. The number of ketones is 1. The summed E-state index contributed by atoms with van der Waals surface area (Å²) in [5, 5.41) is 0. The quantitative estimate of drug-likeness (QED) is 0.714. The first-order valence-electron chi connectivity index (χ1n) is 4.63. The smallest absolute Gasteiger partial charge is 0.167 e. The van der Waals surface area contributed by atoms with Crippen LogP contribution in [-0.4, -0.2) is 31.3 Å². The van der Waals surface area contributed by atoms with Gasteiger partial charge in [-0.2, -0.15) is 0 Å². The van der Waals surface area contributed by atoms with Crippen LogP contribution >= 0.6 is 0 Å². The second-order valence-electron chi connectivity index (χ2n) is 3.60.